The van der Waals surface area contributed by atoms with Gasteiger partial charge in [-0.15, -0.1) is 0 Å². The second-order valence-electron chi connectivity index (χ2n) is 7.00. The zero-order valence-electron chi connectivity index (χ0n) is 15.4. The van der Waals surface area contributed by atoms with E-state index in [1.165, 1.54) is 5.56 Å². The van der Waals surface area contributed by atoms with Crippen molar-refractivity contribution in [3.8, 4) is 0 Å². The fourth-order valence-corrected chi connectivity index (χ4v) is 5.56. The molecule has 2 heterocycles. The summed E-state index contributed by atoms with van der Waals surface area (Å²) in [4.78, 5) is 4.34. The lowest BCUT2D eigenvalue weighted by Crippen LogP contribution is -2.44. The lowest BCUT2D eigenvalue weighted by Gasteiger charge is -2.32. The first-order valence-electron chi connectivity index (χ1n) is 9.36. The van der Waals surface area contributed by atoms with E-state index in [9.17, 15) is 8.42 Å². The number of rotatable bonds is 5. The molecule has 1 N–H and O–H groups in total. The number of pyridine rings is 1. The predicted molar refractivity (Wildman–Crippen MR) is 112 cm³/mol. The molecule has 0 bridgehead atoms. The molecule has 146 valence electrons. The van der Waals surface area contributed by atoms with Gasteiger partial charge in [0.05, 0.1) is 4.90 Å². The molecule has 0 saturated carbocycles. The quantitative estimate of drug-likeness (QED) is 0.643. The highest BCUT2D eigenvalue weighted by Gasteiger charge is 2.30. The fourth-order valence-electron chi connectivity index (χ4n) is 3.66. The third kappa shape index (κ3) is 3.91. The van der Waals surface area contributed by atoms with Crippen molar-refractivity contribution in [2.75, 3.05) is 13.1 Å². The van der Waals surface area contributed by atoms with Crippen LogP contribution < -0.4 is 5.32 Å². The first-order valence-corrected chi connectivity index (χ1v) is 11.2. The van der Waals surface area contributed by atoms with Crippen LogP contribution in [0.5, 0.6) is 0 Å². The molecule has 0 aliphatic carbocycles. The van der Waals surface area contributed by atoms with E-state index in [1.54, 1.807) is 34.8 Å². The van der Waals surface area contributed by atoms with E-state index in [0.717, 1.165) is 19.4 Å². The van der Waals surface area contributed by atoms with Gasteiger partial charge < -0.3 is 5.32 Å². The van der Waals surface area contributed by atoms with E-state index in [2.05, 4.69) is 22.4 Å². The second-order valence-corrected chi connectivity index (χ2v) is 9.26. The molecule has 1 fully saturated rings. The van der Waals surface area contributed by atoms with Crippen molar-refractivity contribution in [3.05, 3.63) is 71.5 Å². The Morgan fingerprint density at radius 1 is 1.00 bits per heavy atom. The van der Waals surface area contributed by atoms with Crippen LogP contribution in [0.1, 0.15) is 18.4 Å². The number of hydrogen-bond acceptors (Lipinski definition) is 4. The molecule has 1 saturated heterocycles. The molecule has 0 unspecified atom stereocenters. The summed E-state index contributed by atoms with van der Waals surface area (Å²) in [7, 11) is -3.58. The van der Waals surface area contributed by atoms with Gasteiger partial charge in [-0.05, 0) is 30.5 Å². The number of aromatic nitrogens is 1. The maximum absolute atomic E-state index is 13.2. The molecular formula is C21H22ClN3O2S. The van der Waals surface area contributed by atoms with Crippen LogP contribution in [0.2, 0.25) is 5.15 Å². The molecule has 1 aliphatic rings. The molecular weight excluding hydrogens is 394 g/mol. The number of nitrogens with one attached hydrogen (secondary N) is 1. The Balaban J connectivity index is 1.46. The Hall–Kier alpha value is -1.99. The van der Waals surface area contributed by atoms with Crippen LogP contribution in [0, 0.1) is 0 Å². The number of sulfonamides is 1. The van der Waals surface area contributed by atoms with Gasteiger partial charge >= 0.3 is 0 Å². The van der Waals surface area contributed by atoms with Gasteiger partial charge in [0.1, 0.15) is 5.15 Å². The van der Waals surface area contributed by atoms with E-state index < -0.39 is 10.0 Å². The molecule has 1 aliphatic heterocycles. The number of nitrogens with zero attached hydrogens (tertiary/aromatic N) is 2. The summed E-state index contributed by atoms with van der Waals surface area (Å²) in [5.74, 6) is 0. The van der Waals surface area contributed by atoms with Crippen LogP contribution in [0.3, 0.4) is 0 Å². The summed E-state index contributed by atoms with van der Waals surface area (Å²) in [6, 6.07) is 17.4. The molecule has 3 aromatic rings. The van der Waals surface area contributed by atoms with Gasteiger partial charge in [0.2, 0.25) is 10.0 Å². The van der Waals surface area contributed by atoms with E-state index in [0.29, 0.717) is 40.0 Å². The van der Waals surface area contributed by atoms with Gasteiger partial charge in [-0.1, -0.05) is 54.1 Å². The van der Waals surface area contributed by atoms with Gasteiger partial charge in [-0.25, -0.2) is 13.4 Å². The van der Waals surface area contributed by atoms with E-state index in [1.807, 2.05) is 18.2 Å². The van der Waals surface area contributed by atoms with E-state index in [-0.39, 0.29) is 0 Å². The van der Waals surface area contributed by atoms with Crippen molar-refractivity contribution in [2.24, 2.45) is 0 Å². The molecule has 7 heteroatoms. The molecule has 0 spiro atoms. The number of benzene rings is 2. The fraction of sp³-hybridized carbons (Fsp3) is 0.286. The second kappa shape index (κ2) is 8.17. The Morgan fingerprint density at radius 3 is 2.50 bits per heavy atom. The highest BCUT2D eigenvalue weighted by molar-refractivity contribution is 7.89. The van der Waals surface area contributed by atoms with Crippen LogP contribution >= 0.6 is 11.6 Å². The molecule has 28 heavy (non-hydrogen) atoms. The minimum atomic E-state index is -3.58. The number of hydrogen-bond donors (Lipinski definition) is 1. The minimum absolute atomic E-state index is 0.296. The van der Waals surface area contributed by atoms with Crippen LogP contribution in [0.15, 0.2) is 65.7 Å². The summed E-state index contributed by atoms with van der Waals surface area (Å²) in [5, 5.41) is 5.13. The minimum Gasteiger partial charge on any atom is -0.310 e. The Labute approximate surface area is 170 Å². The predicted octanol–water partition coefficient (Wildman–Crippen LogP) is 3.83. The summed E-state index contributed by atoms with van der Waals surface area (Å²) in [6.45, 7) is 1.81. The SMILES string of the molecule is O=S(=O)(c1cccc2c(Cl)nccc12)N1CCC(NCc2ccccc2)CC1. The van der Waals surface area contributed by atoms with Crippen LogP contribution in [0.25, 0.3) is 10.8 Å². The normalized spacial score (nSPS) is 16.5. The lowest BCUT2D eigenvalue weighted by molar-refractivity contribution is 0.289. The smallest absolute Gasteiger partial charge is 0.243 e. The van der Waals surface area contributed by atoms with Gasteiger partial charge in [0, 0.05) is 42.6 Å². The van der Waals surface area contributed by atoms with Gasteiger partial charge in [-0.3, -0.25) is 0 Å². The number of fused-ring (bicyclic) bond motifs is 1. The van der Waals surface area contributed by atoms with Crippen molar-refractivity contribution in [3.63, 3.8) is 0 Å². The van der Waals surface area contributed by atoms with Crippen molar-refractivity contribution in [2.45, 2.75) is 30.3 Å². The Kier molecular flexibility index (Phi) is 5.64. The first-order chi connectivity index (χ1) is 13.6. The summed E-state index contributed by atoms with van der Waals surface area (Å²) >= 11 is 6.14. The summed E-state index contributed by atoms with van der Waals surface area (Å²) in [6.07, 6.45) is 3.13. The third-order valence-electron chi connectivity index (χ3n) is 5.23. The third-order valence-corrected chi connectivity index (χ3v) is 7.48. The summed E-state index contributed by atoms with van der Waals surface area (Å²) in [5.41, 5.74) is 1.23. The molecule has 2 aromatic carbocycles. The molecule has 0 radical (unpaired) electrons. The monoisotopic (exact) mass is 415 g/mol. The number of piperidine rings is 1. The van der Waals surface area contributed by atoms with Crippen molar-refractivity contribution >= 4 is 32.4 Å². The maximum Gasteiger partial charge on any atom is 0.243 e. The van der Waals surface area contributed by atoms with Crippen molar-refractivity contribution < 1.29 is 8.42 Å². The van der Waals surface area contributed by atoms with Gasteiger partial charge in [0.25, 0.3) is 0 Å². The topological polar surface area (TPSA) is 62.3 Å². The highest BCUT2D eigenvalue weighted by atomic mass is 35.5. The van der Waals surface area contributed by atoms with Gasteiger partial charge in [0.15, 0.2) is 0 Å². The van der Waals surface area contributed by atoms with Gasteiger partial charge in [-0.2, -0.15) is 4.31 Å². The van der Waals surface area contributed by atoms with Crippen LogP contribution in [0.4, 0.5) is 0 Å². The summed E-state index contributed by atoms with van der Waals surface area (Å²) < 4.78 is 28.1. The van der Waals surface area contributed by atoms with E-state index >= 15 is 0 Å². The van der Waals surface area contributed by atoms with Crippen LogP contribution in [-0.4, -0.2) is 36.8 Å². The van der Waals surface area contributed by atoms with Crippen molar-refractivity contribution in [1.82, 2.24) is 14.6 Å². The maximum atomic E-state index is 13.2. The average molecular weight is 416 g/mol. The largest absolute Gasteiger partial charge is 0.310 e. The zero-order chi connectivity index (χ0) is 19.6. The standard InChI is InChI=1S/C21H22ClN3O2S/c22-21-19-7-4-8-20(18(19)9-12-23-21)28(26,27)25-13-10-17(11-14-25)24-15-16-5-2-1-3-6-16/h1-9,12,17,24H,10-11,13-15H2. The zero-order valence-corrected chi connectivity index (χ0v) is 17.0. The lowest BCUT2D eigenvalue weighted by atomic mass is 10.1. The number of halogens is 1. The average Bonchev–Trinajstić information content (AvgIpc) is 2.73. The Morgan fingerprint density at radius 2 is 1.75 bits per heavy atom. The molecule has 4 rings (SSSR count). The van der Waals surface area contributed by atoms with E-state index in [4.69, 9.17) is 11.6 Å². The first kappa shape index (κ1) is 19.3. The van der Waals surface area contributed by atoms with Crippen molar-refractivity contribution in [1.29, 1.82) is 0 Å². The highest BCUT2D eigenvalue weighted by Crippen LogP contribution is 2.30. The Bertz CT molecular complexity index is 1070. The van der Waals surface area contributed by atoms with Crippen LogP contribution in [-0.2, 0) is 16.6 Å². The molecule has 0 atom stereocenters. The molecule has 1 aromatic heterocycles. The molecule has 5 nitrogen and oxygen atoms in total. The molecule has 0 amide bonds.